The van der Waals surface area contributed by atoms with E-state index in [1.165, 1.54) is 0 Å². The van der Waals surface area contributed by atoms with Crippen molar-refractivity contribution < 1.29 is 9.59 Å². The van der Waals surface area contributed by atoms with Gasteiger partial charge in [0.2, 0.25) is 5.91 Å². The summed E-state index contributed by atoms with van der Waals surface area (Å²) < 4.78 is 1.57. The van der Waals surface area contributed by atoms with Crippen LogP contribution in [0.25, 0.3) is 0 Å². The molecule has 0 aliphatic carbocycles. The summed E-state index contributed by atoms with van der Waals surface area (Å²) in [6.07, 6.45) is 3.38. The Morgan fingerprint density at radius 3 is 2.26 bits per heavy atom. The Bertz CT molecular complexity index is 877. The fraction of sp³-hybridized carbons (Fsp3) is 0.150. The molecule has 0 saturated carbocycles. The highest BCUT2D eigenvalue weighted by molar-refractivity contribution is 5.99. The van der Waals surface area contributed by atoms with Gasteiger partial charge in [-0.25, -0.2) is 4.79 Å². The van der Waals surface area contributed by atoms with Gasteiger partial charge < -0.3 is 16.0 Å². The molecule has 0 aliphatic rings. The molecule has 3 rings (SSSR count). The van der Waals surface area contributed by atoms with Crippen LogP contribution in [0.5, 0.6) is 0 Å². The smallest absolute Gasteiger partial charge is 0.323 e. The van der Waals surface area contributed by atoms with Gasteiger partial charge in [0.15, 0.2) is 0 Å². The van der Waals surface area contributed by atoms with E-state index in [2.05, 4.69) is 21.0 Å². The SMILES string of the molecule is C[C@@H](NC(=O)Cn1cccn1)c1ccc(NC(=O)Nc2ccccc2)cc1. The second-order valence-electron chi connectivity index (χ2n) is 6.06. The van der Waals surface area contributed by atoms with Crippen LogP contribution in [0.4, 0.5) is 16.2 Å². The van der Waals surface area contributed by atoms with Gasteiger partial charge in [-0.2, -0.15) is 5.10 Å². The van der Waals surface area contributed by atoms with Crippen molar-refractivity contribution in [1.82, 2.24) is 15.1 Å². The van der Waals surface area contributed by atoms with Gasteiger partial charge in [0.1, 0.15) is 6.54 Å². The molecule has 0 radical (unpaired) electrons. The van der Waals surface area contributed by atoms with Gasteiger partial charge in [0.25, 0.3) is 0 Å². The van der Waals surface area contributed by atoms with Gasteiger partial charge in [-0.1, -0.05) is 30.3 Å². The summed E-state index contributed by atoms with van der Waals surface area (Å²) in [4.78, 5) is 24.1. The number of hydrogen-bond donors (Lipinski definition) is 3. The molecule has 3 amide bonds. The van der Waals surface area contributed by atoms with Crippen LogP contribution in [-0.4, -0.2) is 21.7 Å². The fourth-order valence-corrected chi connectivity index (χ4v) is 2.58. The lowest BCUT2D eigenvalue weighted by Gasteiger charge is -2.15. The minimum absolute atomic E-state index is 0.115. The summed E-state index contributed by atoms with van der Waals surface area (Å²) in [5.41, 5.74) is 2.33. The minimum atomic E-state index is -0.311. The normalized spacial score (nSPS) is 11.4. The lowest BCUT2D eigenvalue weighted by atomic mass is 10.1. The first kappa shape index (κ1) is 18.2. The number of nitrogens with zero attached hydrogens (tertiary/aromatic N) is 2. The number of hydrogen-bond acceptors (Lipinski definition) is 3. The molecule has 0 unspecified atom stereocenters. The molecule has 0 bridgehead atoms. The predicted molar refractivity (Wildman–Crippen MR) is 104 cm³/mol. The van der Waals surface area contributed by atoms with E-state index >= 15 is 0 Å². The number of benzene rings is 2. The number of urea groups is 1. The number of para-hydroxylation sites is 1. The average molecular weight is 363 g/mol. The van der Waals surface area contributed by atoms with Crippen molar-refractivity contribution in [2.24, 2.45) is 0 Å². The molecular weight excluding hydrogens is 342 g/mol. The van der Waals surface area contributed by atoms with Gasteiger partial charge >= 0.3 is 6.03 Å². The van der Waals surface area contributed by atoms with Crippen LogP contribution in [-0.2, 0) is 11.3 Å². The molecule has 2 aromatic carbocycles. The van der Waals surface area contributed by atoms with Crippen molar-refractivity contribution in [3.05, 3.63) is 78.6 Å². The largest absolute Gasteiger partial charge is 0.348 e. The van der Waals surface area contributed by atoms with Gasteiger partial charge in [-0.3, -0.25) is 9.48 Å². The van der Waals surface area contributed by atoms with Crippen molar-refractivity contribution in [2.75, 3.05) is 10.6 Å². The highest BCUT2D eigenvalue weighted by Gasteiger charge is 2.10. The Morgan fingerprint density at radius 2 is 1.63 bits per heavy atom. The van der Waals surface area contributed by atoms with E-state index in [1.807, 2.05) is 49.4 Å². The first-order valence-electron chi connectivity index (χ1n) is 8.60. The third kappa shape index (κ3) is 5.43. The van der Waals surface area contributed by atoms with E-state index in [1.54, 1.807) is 35.3 Å². The standard InChI is InChI=1S/C20H21N5O2/c1-15(22-19(26)14-25-13-5-12-21-25)16-8-10-18(11-9-16)24-20(27)23-17-6-3-2-4-7-17/h2-13,15H,14H2,1H3,(H,22,26)(H2,23,24,27)/t15-/m1/s1. The number of aromatic nitrogens is 2. The van der Waals surface area contributed by atoms with Crippen LogP contribution in [0.2, 0.25) is 0 Å². The van der Waals surface area contributed by atoms with Crippen LogP contribution in [0.15, 0.2) is 73.1 Å². The zero-order chi connectivity index (χ0) is 19.1. The lowest BCUT2D eigenvalue weighted by molar-refractivity contribution is -0.122. The number of carbonyl (C=O) groups is 2. The minimum Gasteiger partial charge on any atom is -0.348 e. The number of anilines is 2. The van der Waals surface area contributed by atoms with Gasteiger partial charge in [-0.15, -0.1) is 0 Å². The zero-order valence-corrected chi connectivity index (χ0v) is 14.9. The maximum atomic E-state index is 12.0. The molecule has 1 atom stereocenters. The summed E-state index contributed by atoms with van der Waals surface area (Å²) in [6, 6.07) is 17.9. The first-order valence-corrected chi connectivity index (χ1v) is 8.60. The number of amides is 3. The summed E-state index contributed by atoms with van der Waals surface area (Å²) >= 11 is 0. The Labute approximate surface area is 157 Å². The van der Waals surface area contributed by atoms with E-state index in [9.17, 15) is 9.59 Å². The van der Waals surface area contributed by atoms with Gasteiger partial charge in [-0.05, 0) is 42.8 Å². The maximum Gasteiger partial charge on any atom is 0.323 e. The molecule has 138 valence electrons. The Balaban J connectivity index is 1.51. The molecule has 3 N–H and O–H groups in total. The van der Waals surface area contributed by atoms with Crippen LogP contribution in [0, 0.1) is 0 Å². The Hall–Kier alpha value is -3.61. The molecule has 7 heteroatoms. The summed E-state index contributed by atoms with van der Waals surface area (Å²) in [5, 5.41) is 12.5. The predicted octanol–water partition coefficient (Wildman–Crippen LogP) is 3.40. The second-order valence-corrected chi connectivity index (χ2v) is 6.06. The van der Waals surface area contributed by atoms with Gasteiger partial charge in [0, 0.05) is 23.8 Å². The van der Waals surface area contributed by atoms with E-state index in [-0.39, 0.29) is 24.5 Å². The van der Waals surface area contributed by atoms with Crippen molar-refractivity contribution in [3.63, 3.8) is 0 Å². The van der Waals surface area contributed by atoms with E-state index in [0.29, 0.717) is 5.69 Å². The zero-order valence-electron chi connectivity index (χ0n) is 14.9. The molecule has 7 nitrogen and oxygen atoms in total. The molecule has 27 heavy (non-hydrogen) atoms. The summed E-state index contributed by atoms with van der Waals surface area (Å²) in [5.74, 6) is -0.115. The third-order valence-corrected chi connectivity index (χ3v) is 3.94. The molecular formula is C20H21N5O2. The van der Waals surface area contributed by atoms with E-state index in [0.717, 1.165) is 11.3 Å². The number of rotatable bonds is 6. The highest BCUT2D eigenvalue weighted by Crippen LogP contribution is 2.16. The monoisotopic (exact) mass is 363 g/mol. The molecule has 1 heterocycles. The van der Waals surface area contributed by atoms with Crippen LogP contribution in [0.3, 0.4) is 0 Å². The molecule has 0 fully saturated rings. The molecule has 0 aliphatic heterocycles. The van der Waals surface area contributed by atoms with Crippen LogP contribution in [0.1, 0.15) is 18.5 Å². The van der Waals surface area contributed by atoms with Crippen molar-refractivity contribution in [1.29, 1.82) is 0 Å². The lowest BCUT2D eigenvalue weighted by Crippen LogP contribution is -2.30. The summed E-state index contributed by atoms with van der Waals surface area (Å²) in [7, 11) is 0. The number of carbonyl (C=O) groups excluding carboxylic acids is 2. The maximum absolute atomic E-state index is 12.0. The highest BCUT2D eigenvalue weighted by atomic mass is 16.2. The van der Waals surface area contributed by atoms with E-state index < -0.39 is 0 Å². The third-order valence-electron chi connectivity index (χ3n) is 3.94. The van der Waals surface area contributed by atoms with Gasteiger partial charge in [0.05, 0.1) is 6.04 Å². The quantitative estimate of drug-likeness (QED) is 0.627. The van der Waals surface area contributed by atoms with Crippen molar-refractivity contribution in [3.8, 4) is 0 Å². The second kappa shape index (κ2) is 8.66. The first-order chi connectivity index (χ1) is 13.1. The Kier molecular flexibility index (Phi) is 5.84. The number of nitrogens with one attached hydrogen (secondary N) is 3. The van der Waals surface area contributed by atoms with Crippen LogP contribution >= 0.6 is 0 Å². The molecule has 1 aromatic heterocycles. The topological polar surface area (TPSA) is 88.1 Å². The van der Waals surface area contributed by atoms with Crippen LogP contribution < -0.4 is 16.0 Å². The Morgan fingerprint density at radius 1 is 0.963 bits per heavy atom. The fourth-order valence-electron chi connectivity index (χ4n) is 2.58. The van der Waals surface area contributed by atoms with Crippen molar-refractivity contribution in [2.45, 2.75) is 19.5 Å². The van der Waals surface area contributed by atoms with Crippen molar-refractivity contribution >= 4 is 23.3 Å². The van der Waals surface area contributed by atoms with E-state index in [4.69, 9.17) is 0 Å². The molecule has 0 saturated heterocycles. The molecule has 3 aromatic rings. The summed E-state index contributed by atoms with van der Waals surface area (Å²) in [6.45, 7) is 2.09. The average Bonchev–Trinajstić information content (AvgIpc) is 3.15. The molecule has 0 spiro atoms.